The van der Waals surface area contributed by atoms with Crippen LogP contribution >= 0.6 is 0 Å². The first-order valence-corrected chi connectivity index (χ1v) is 7.36. The minimum absolute atomic E-state index is 0.247. The van der Waals surface area contributed by atoms with Gasteiger partial charge in [-0.2, -0.15) is 0 Å². The summed E-state index contributed by atoms with van der Waals surface area (Å²) in [6.45, 7) is 5.72. The number of hydrogen-bond acceptors (Lipinski definition) is 3. The van der Waals surface area contributed by atoms with Crippen molar-refractivity contribution >= 4 is 5.69 Å². The van der Waals surface area contributed by atoms with Crippen LogP contribution in [0.3, 0.4) is 0 Å². The molecule has 1 aliphatic heterocycles. The number of aliphatic hydroxyl groups excluding tert-OH is 1. The Labute approximate surface area is 116 Å². The van der Waals surface area contributed by atoms with Gasteiger partial charge < -0.3 is 15.3 Å². The Bertz CT molecular complexity index is 386. The largest absolute Gasteiger partial charge is 0.394 e. The second-order valence-electron chi connectivity index (χ2n) is 5.55. The number of nitrogens with one attached hydrogen (secondary N) is 1. The highest BCUT2D eigenvalue weighted by Crippen LogP contribution is 2.30. The van der Waals surface area contributed by atoms with Crippen LogP contribution in [0.5, 0.6) is 0 Å². The Hall–Kier alpha value is -1.06. The van der Waals surface area contributed by atoms with Gasteiger partial charge in [0, 0.05) is 18.3 Å². The molecule has 1 aromatic carbocycles. The molecule has 0 spiro atoms. The molecule has 3 unspecified atom stereocenters. The lowest BCUT2D eigenvalue weighted by atomic mass is 10.0. The third kappa shape index (κ3) is 2.93. The number of anilines is 1. The molecular formula is C16H26N2O. The summed E-state index contributed by atoms with van der Waals surface area (Å²) in [7, 11) is 2.01. The van der Waals surface area contributed by atoms with Crippen LogP contribution in [0.1, 0.15) is 38.3 Å². The molecular weight excluding hydrogens is 236 g/mol. The van der Waals surface area contributed by atoms with E-state index in [1.807, 2.05) is 7.05 Å². The van der Waals surface area contributed by atoms with Crippen molar-refractivity contribution in [3.8, 4) is 0 Å². The van der Waals surface area contributed by atoms with Gasteiger partial charge in [-0.1, -0.05) is 26.0 Å². The molecule has 3 atom stereocenters. The Kier molecular flexibility index (Phi) is 4.83. The molecule has 3 nitrogen and oxygen atoms in total. The van der Waals surface area contributed by atoms with Gasteiger partial charge >= 0.3 is 0 Å². The molecule has 0 aliphatic carbocycles. The number of aliphatic hydroxyl groups is 1. The molecule has 2 N–H and O–H groups in total. The Morgan fingerprint density at radius 1 is 1.37 bits per heavy atom. The van der Waals surface area contributed by atoms with E-state index in [1.165, 1.54) is 17.7 Å². The fourth-order valence-electron chi connectivity index (χ4n) is 3.11. The van der Waals surface area contributed by atoms with E-state index >= 15 is 0 Å². The van der Waals surface area contributed by atoms with E-state index < -0.39 is 0 Å². The van der Waals surface area contributed by atoms with Crippen molar-refractivity contribution in [1.29, 1.82) is 0 Å². The SMILES string of the molecule is CCC(NC)c1ccc(N2CCC(C)C2CO)cc1. The van der Waals surface area contributed by atoms with E-state index in [1.54, 1.807) is 0 Å². The third-order valence-electron chi connectivity index (χ3n) is 4.45. The predicted molar refractivity (Wildman–Crippen MR) is 80.5 cm³/mol. The molecule has 1 aromatic rings. The van der Waals surface area contributed by atoms with Crippen molar-refractivity contribution in [2.75, 3.05) is 25.1 Å². The van der Waals surface area contributed by atoms with Crippen LogP contribution in [-0.4, -0.2) is 31.3 Å². The highest BCUT2D eigenvalue weighted by atomic mass is 16.3. The van der Waals surface area contributed by atoms with Crippen molar-refractivity contribution in [2.45, 2.75) is 38.8 Å². The van der Waals surface area contributed by atoms with Crippen LogP contribution in [0.4, 0.5) is 5.69 Å². The molecule has 1 fully saturated rings. The average molecular weight is 262 g/mol. The average Bonchev–Trinajstić information content (AvgIpc) is 2.82. The van der Waals surface area contributed by atoms with Gasteiger partial charge in [0.25, 0.3) is 0 Å². The third-order valence-corrected chi connectivity index (χ3v) is 4.45. The van der Waals surface area contributed by atoms with Gasteiger partial charge in [0.15, 0.2) is 0 Å². The van der Waals surface area contributed by atoms with Gasteiger partial charge in [-0.25, -0.2) is 0 Å². The molecule has 0 aromatic heterocycles. The van der Waals surface area contributed by atoms with Crippen LogP contribution < -0.4 is 10.2 Å². The van der Waals surface area contributed by atoms with Gasteiger partial charge in [-0.15, -0.1) is 0 Å². The van der Waals surface area contributed by atoms with Crippen LogP contribution in [0.25, 0.3) is 0 Å². The zero-order valence-electron chi connectivity index (χ0n) is 12.3. The van der Waals surface area contributed by atoms with Gasteiger partial charge in [0.2, 0.25) is 0 Å². The number of benzene rings is 1. The first-order chi connectivity index (χ1) is 9.21. The summed E-state index contributed by atoms with van der Waals surface area (Å²) in [6, 6.07) is 9.50. The van der Waals surface area contributed by atoms with E-state index in [0.717, 1.165) is 13.0 Å². The first-order valence-electron chi connectivity index (χ1n) is 7.36. The number of nitrogens with zero attached hydrogens (tertiary/aromatic N) is 1. The van der Waals surface area contributed by atoms with Crippen molar-refractivity contribution in [1.82, 2.24) is 5.32 Å². The molecule has 3 heteroatoms. The van der Waals surface area contributed by atoms with Crippen molar-refractivity contribution in [2.24, 2.45) is 5.92 Å². The second kappa shape index (κ2) is 6.40. The Balaban J connectivity index is 2.14. The van der Waals surface area contributed by atoms with Crippen LogP contribution in [-0.2, 0) is 0 Å². The molecule has 19 heavy (non-hydrogen) atoms. The summed E-state index contributed by atoms with van der Waals surface area (Å²) < 4.78 is 0. The molecule has 0 radical (unpaired) electrons. The Morgan fingerprint density at radius 3 is 2.58 bits per heavy atom. The standard InChI is InChI=1S/C16H26N2O/c1-4-15(17-3)13-5-7-14(8-6-13)18-10-9-12(2)16(18)11-19/h5-8,12,15-17,19H,4,9-11H2,1-3H3. The monoisotopic (exact) mass is 262 g/mol. The van der Waals surface area contributed by atoms with Crippen LogP contribution in [0.2, 0.25) is 0 Å². The molecule has 2 rings (SSSR count). The zero-order chi connectivity index (χ0) is 13.8. The highest BCUT2D eigenvalue weighted by Gasteiger charge is 2.30. The van der Waals surface area contributed by atoms with Crippen molar-refractivity contribution in [3.63, 3.8) is 0 Å². The normalized spacial score (nSPS) is 24.7. The Morgan fingerprint density at radius 2 is 2.05 bits per heavy atom. The molecule has 106 valence electrons. The predicted octanol–water partition coefficient (Wildman–Crippen LogP) is 2.56. The van der Waals surface area contributed by atoms with Crippen LogP contribution in [0, 0.1) is 5.92 Å². The maximum atomic E-state index is 9.54. The van der Waals surface area contributed by atoms with Crippen molar-refractivity contribution in [3.05, 3.63) is 29.8 Å². The topological polar surface area (TPSA) is 35.5 Å². The highest BCUT2D eigenvalue weighted by molar-refractivity contribution is 5.50. The van der Waals surface area contributed by atoms with E-state index in [2.05, 4.69) is 48.3 Å². The fourth-order valence-corrected chi connectivity index (χ4v) is 3.11. The maximum Gasteiger partial charge on any atom is 0.0637 e. The van der Waals surface area contributed by atoms with Crippen molar-refractivity contribution < 1.29 is 5.11 Å². The molecule has 0 saturated carbocycles. The summed E-state index contributed by atoms with van der Waals surface area (Å²) in [5.41, 5.74) is 2.57. The molecule has 0 amide bonds. The molecule has 1 aliphatic rings. The van der Waals surface area contributed by atoms with E-state index in [0.29, 0.717) is 12.0 Å². The maximum absolute atomic E-state index is 9.54. The summed E-state index contributed by atoms with van der Waals surface area (Å²) >= 11 is 0. The lowest BCUT2D eigenvalue weighted by molar-refractivity contribution is 0.245. The molecule has 0 bridgehead atoms. The minimum atomic E-state index is 0.247. The number of hydrogen-bond donors (Lipinski definition) is 2. The molecule has 1 saturated heterocycles. The lowest BCUT2D eigenvalue weighted by Crippen LogP contribution is -2.35. The summed E-state index contributed by atoms with van der Waals surface area (Å²) in [5.74, 6) is 0.574. The molecule has 1 heterocycles. The van der Waals surface area contributed by atoms with E-state index in [-0.39, 0.29) is 12.6 Å². The van der Waals surface area contributed by atoms with Crippen LogP contribution in [0.15, 0.2) is 24.3 Å². The quantitative estimate of drug-likeness (QED) is 0.856. The summed E-state index contributed by atoms with van der Waals surface area (Å²) in [5, 5.41) is 12.9. The van der Waals surface area contributed by atoms with Gasteiger partial charge in [0.1, 0.15) is 0 Å². The second-order valence-corrected chi connectivity index (χ2v) is 5.55. The fraction of sp³-hybridized carbons (Fsp3) is 0.625. The van der Waals surface area contributed by atoms with Gasteiger partial charge in [0.05, 0.1) is 12.6 Å². The van der Waals surface area contributed by atoms with E-state index in [9.17, 15) is 5.11 Å². The van der Waals surface area contributed by atoms with Gasteiger partial charge in [-0.05, 0) is 43.5 Å². The zero-order valence-corrected chi connectivity index (χ0v) is 12.3. The van der Waals surface area contributed by atoms with E-state index in [4.69, 9.17) is 0 Å². The summed E-state index contributed by atoms with van der Waals surface area (Å²) in [6.07, 6.45) is 2.26. The smallest absolute Gasteiger partial charge is 0.0637 e. The number of rotatable bonds is 5. The lowest BCUT2D eigenvalue weighted by Gasteiger charge is -2.27. The summed E-state index contributed by atoms with van der Waals surface area (Å²) in [4.78, 5) is 2.34. The van der Waals surface area contributed by atoms with Gasteiger partial charge in [-0.3, -0.25) is 0 Å². The first kappa shape index (κ1) is 14.4. The minimum Gasteiger partial charge on any atom is -0.394 e.